The molecule has 0 saturated heterocycles. The van der Waals surface area contributed by atoms with E-state index in [1.54, 1.807) is 0 Å². The Kier molecular flexibility index (Phi) is 7.63. The van der Waals surface area contributed by atoms with Gasteiger partial charge >= 0.3 is 0 Å². The molecule has 0 unspecified atom stereocenters. The van der Waals surface area contributed by atoms with E-state index in [9.17, 15) is 0 Å². The van der Waals surface area contributed by atoms with Crippen molar-refractivity contribution < 1.29 is 0 Å². The molecule has 0 N–H and O–H groups in total. The lowest BCUT2D eigenvalue weighted by Gasteiger charge is -2.33. The highest BCUT2D eigenvalue weighted by atomic mass is 32.2. The lowest BCUT2D eigenvalue weighted by molar-refractivity contribution is 1.17. The summed E-state index contributed by atoms with van der Waals surface area (Å²) in [4.78, 5) is 7.26. The van der Waals surface area contributed by atoms with Crippen LogP contribution in [0.2, 0.25) is 0 Å². The molecule has 2 nitrogen and oxygen atoms in total. The van der Waals surface area contributed by atoms with Gasteiger partial charge in [0.05, 0.1) is 11.4 Å². The van der Waals surface area contributed by atoms with E-state index in [2.05, 4.69) is 204 Å². The molecule has 2 heterocycles. The second kappa shape index (κ2) is 12.9. The van der Waals surface area contributed by atoms with Crippen LogP contribution in [-0.2, 0) is 0 Å². The molecule has 0 fully saturated rings. The van der Waals surface area contributed by atoms with Crippen LogP contribution in [0.25, 0.3) is 42.4 Å². The summed E-state index contributed by atoms with van der Waals surface area (Å²) in [6.07, 6.45) is 0. The molecule has 0 aliphatic carbocycles. The molecule has 0 amide bonds. The Hall–Kier alpha value is -6.07. The van der Waals surface area contributed by atoms with Crippen LogP contribution in [0.15, 0.2) is 204 Å². The minimum absolute atomic E-state index is 1.12. The molecule has 0 saturated carbocycles. The molecule has 1 aromatic heterocycles. The average Bonchev–Trinajstić information content (AvgIpc) is 3.59. The molecular formula is C48H32N2S2. The number of hydrogen-bond acceptors (Lipinski definition) is 4. The number of nitrogens with zero attached hydrogens (tertiary/aromatic N) is 2. The summed E-state index contributed by atoms with van der Waals surface area (Å²) < 4.78 is 2.62. The van der Waals surface area contributed by atoms with E-state index in [1.165, 1.54) is 69.3 Å². The first-order chi connectivity index (χ1) is 25.8. The van der Waals surface area contributed by atoms with Crippen molar-refractivity contribution >= 4 is 77.4 Å². The average molecular weight is 701 g/mol. The highest BCUT2D eigenvalue weighted by Crippen LogP contribution is 2.52. The lowest BCUT2D eigenvalue weighted by atomic mass is 10.0. The third-order valence-electron chi connectivity index (χ3n) is 9.85. The Morgan fingerprint density at radius 1 is 0.365 bits per heavy atom. The zero-order chi connectivity index (χ0) is 34.4. The van der Waals surface area contributed by atoms with Crippen molar-refractivity contribution in [2.24, 2.45) is 0 Å². The maximum Gasteiger partial charge on any atom is 0.0602 e. The Morgan fingerprint density at radius 2 is 0.923 bits per heavy atom. The first kappa shape index (κ1) is 30.7. The number of anilines is 6. The van der Waals surface area contributed by atoms with Crippen molar-refractivity contribution in [3.63, 3.8) is 0 Å². The Labute approximate surface area is 311 Å². The fourth-order valence-corrected chi connectivity index (χ4v) is 9.51. The van der Waals surface area contributed by atoms with Gasteiger partial charge in [0.1, 0.15) is 0 Å². The van der Waals surface area contributed by atoms with Gasteiger partial charge in [-0.3, -0.25) is 0 Å². The summed E-state index contributed by atoms with van der Waals surface area (Å²) in [5, 5.41) is 2.59. The van der Waals surface area contributed by atoms with E-state index >= 15 is 0 Å². The Bertz CT molecular complexity index is 2700. The molecule has 1 aliphatic heterocycles. The molecule has 0 bridgehead atoms. The topological polar surface area (TPSA) is 6.48 Å². The van der Waals surface area contributed by atoms with Crippen molar-refractivity contribution in [3.05, 3.63) is 194 Å². The lowest BCUT2D eigenvalue weighted by Crippen LogP contribution is -2.14. The molecule has 10 rings (SSSR count). The van der Waals surface area contributed by atoms with Crippen molar-refractivity contribution in [1.82, 2.24) is 0 Å². The van der Waals surface area contributed by atoms with Gasteiger partial charge in [-0.15, -0.1) is 11.3 Å². The third kappa shape index (κ3) is 5.45. The van der Waals surface area contributed by atoms with E-state index in [1.807, 2.05) is 23.1 Å². The number of thiophene rings is 1. The van der Waals surface area contributed by atoms with E-state index in [4.69, 9.17) is 0 Å². The van der Waals surface area contributed by atoms with Crippen LogP contribution >= 0.6 is 23.1 Å². The normalized spacial score (nSPS) is 12.1. The molecule has 52 heavy (non-hydrogen) atoms. The monoisotopic (exact) mass is 700 g/mol. The molecule has 4 heteroatoms. The van der Waals surface area contributed by atoms with Crippen LogP contribution in [-0.4, -0.2) is 0 Å². The van der Waals surface area contributed by atoms with Crippen molar-refractivity contribution in [2.75, 3.05) is 9.80 Å². The summed E-state index contributed by atoms with van der Waals surface area (Å²) in [5.41, 5.74) is 11.8. The predicted octanol–water partition coefficient (Wildman–Crippen LogP) is 14.8. The fraction of sp³-hybridized carbons (Fsp3) is 0. The number of benzene rings is 8. The van der Waals surface area contributed by atoms with Crippen molar-refractivity contribution in [1.29, 1.82) is 0 Å². The molecule has 0 radical (unpaired) electrons. The van der Waals surface area contributed by atoms with Gasteiger partial charge in [0, 0.05) is 52.7 Å². The van der Waals surface area contributed by atoms with Gasteiger partial charge in [-0.05, 0) is 107 Å². The van der Waals surface area contributed by atoms with Crippen LogP contribution in [0.4, 0.5) is 34.1 Å². The van der Waals surface area contributed by atoms with Crippen molar-refractivity contribution in [3.8, 4) is 22.3 Å². The quantitative estimate of drug-likeness (QED) is 0.170. The highest BCUT2D eigenvalue weighted by Gasteiger charge is 2.25. The van der Waals surface area contributed by atoms with Gasteiger partial charge in [-0.25, -0.2) is 0 Å². The minimum Gasteiger partial charge on any atom is -0.310 e. The smallest absolute Gasteiger partial charge is 0.0602 e. The molecule has 9 aromatic rings. The van der Waals surface area contributed by atoms with Crippen molar-refractivity contribution in [2.45, 2.75) is 9.79 Å². The van der Waals surface area contributed by atoms with Crippen LogP contribution < -0.4 is 9.80 Å². The summed E-state index contributed by atoms with van der Waals surface area (Å²) in [6.45, 7) is 0. The summed E-state index contributed by atoms with van der Waals surface area (Å²) in [6, 6.07) is 70.4. The summed E-state index contributed by atoms with van der Waals surface area (Å²) >= 11 is 3.70. The zero-order valence-electron chi connectivity index (χ0n) is 28.2. The molecule has 0 atom stereocenters. The van der Waals surface area contributed by atoms with Crippen LogP contribution in [0.3, 0.4) is 0 Å². The van der Waals surface area contributed by atoms with Gasteiger partial charge in [-0.1, -0.05) is 121 Å². The van der Waals surface area contributed by atoms with Gasteiger partial charge in [0.15, 0.2) is 0 Å². The minimum atomic E-state index is 1.12. The third-order valence-corrected chi connectivity index (χ3v) is 12.1. The molecule has 1 aliphatic rings. The maximum absolute atomic E-state index is 2.38. The zero-order valence-corrected chi connectivity index (χ0v) is 29.8. The SMILES string of the molecule is c1ccc(-c2ccc(N(c3ccc(-c4ccc5c(c4)Sc4ccccc4N5c4ccccc4)cc3)c3ccc4sc5ccccc5c4c3)cc2)cc1. The number of rotatable bonds is 6. The maximum atomic E-state index is 2.38. The number of fused-ring (bicyclic) bond motifs is 5. The van der Waals surface area contributed by atoms with Crippen LogP contribution in [0.5, 0.6) is 0 Å². The predicted molar refractivity (Wildman–Crippen MR) is 224 cm³/mol. The van der Waals surface area contributed by atoms with E-state index in [0.29, 0.717) is 0 Å². The molecule has 8 aromatic carbocycles. The van der Waals surface area contributed by atoms with E-state index in [0.717, 1.165) is 17.1 Å². The van der Waals surface area contributed by atoms with Gasteiger partial charge in [-0.2, -0.15) is 0 Å². The van der Waals surface area contributed by atoms with Gasteiger partial charge in [0.2, 0.25) is 0 Å². The van der Waals surface area contributed by atoms with Crippen LogP contribution in [0.1, 0.15) is 0 Å². The Balaban J connectivity index is 1.04. The van der Waals surface area contributed by atoms with E-state index in [-0.39, 0.29) is 0 Å². The largest absolute Gasteiger partial charge is 0.310 e. The molecular weight excluding hydrogens is 669 g/mol. The second-order valence-corrected chi connectivity index (χ2v) is 15.2. The van der Waals surface area contributed by atoms with E-state index < -0.39 is 0 Å². The highest BCUT2D eigenvalue weighted by molar-refractivity contribution is 7.99. The summed E-state index contributed by atoms with van der Waals surface area (Å²) in [7, 11) is 0. The summed E-state index contributed by atoms with van der Waals surface area (Å²) in [5.74, 6) is 0. The standard InChI is InChI=1S/C48H32N2S2/c1-3-11-33(12-4-1)34-19-24-38(25-20-34)49(40-28-30-46-42(32-40)41-15-7-9-17-45(41)51-46)39-26-21-35(22-27-39)36-23-29-44-48(31-36)52-47-18-10-8-16-43(47)50(44)37-13-5-2-6-14-37/h1-32H. The fourth-order valence-electron chi connectivity index (χ4n) is 7.33. The van der Waals surface area contributed by atoms with Gasteiger partial charge in [0.25, 0.3) is 0 Å². The first-order valence-electron chi connectivity index (χ1n) is 17.5. The molecule has 246 valence electrons. The Morgan fingerprint density at radius 3 is 1.69 bits per heavy atom. The number of hydrogen-bond donors (Lipinski definition) is 0. The number of para-hydroxylation sites is 2. The first-order valence-corrected chi connectivity index (χ1v) is 19.1. The molecule has 0 spiro atoms. The second-order valence-electron chi connectivity index (χ2n) is 13.0. The van der Waals surface area contributed by atoms with Gasteiger partial charge < -0.3 is 9.80 Å². The van der Waals surface area contributed by atoms with Crippen LogP contribution in [0, 0.1) is 0 Å².